The average molecular weight is 376 g/mol. The summed E-state index contributed by atoms with van der Waals surface area (Å²) < 4.78 is 18.1. The van der Waals surface area contributed by atoms with Crippen LogP contribution in [0, 0.1) is 5.82 Å². The Balaban J connectivity index is 1.46. The highest BCUT2D eigenvalue weighted by Crippen LogP contribution is 2.25. The fourth-order valence-electron chi connectivity index (χ4n) is 1.98. The molecule has 0 atom stereocenters. The topological polar surface area (TPSA) is 68.3 Å². The Hall–Kier alpha value is -2.58. The number of thiophene rings is 1. The van der Waals surface area contributed by atoms with E-state index in [2.05, 4.69) is 10.3 Å². The maximum atomic E-state index is 13.1. The van der Waals surface area contributed by atoms with Crippen LogP contribution < -0.4 is 5.32 Å². The molecule has 3 rings (SSSR count). The van der Waals surface area contributed by atoms with Crippen molar-refractivity contribution in [2.45, 2.75) is 6.61 Å². The van der Waals surface area contributed by atoms with E-state index >= 15 is 0 Å². The molecule has 0 fully saturated rings. The molecule has 128 valence electrons. The molecule has 0 aliphatic heterocycles. The van der Waals surface area contributed by atoms with E-state index in [1.807, 2.05) is 22.2 Å². The second-order valence-corrected chi connectivity index (χ2v) is 6.65. The van der Waals surface area contributed by atoms with E-state index in [1.54, 1.807) is 11.3 Å². The molecule has 8 heteroatoms. The second kappa shape index (κ2) is 8.00. The molecule has 0 aliphatic rings. The number of benzene rings is 1. The van der Waals surface area contributed by atoms with Crippen LogP contribution in [0.4, 0.5) is 4.39 Å². The third-order valence-corrected chi connectivity index (χ3v) is 4.80. The summed E-state index contributed by atoms with van der Waals surface area (Å²) >= 11 is 3.06. The highest BCUT2D eigenvalue weighted by molar-refractivity contribution is 7.14. The van der Waals surface area contributed by atoms with Gasteiger partial charge in [0.25, 0.3) is 5.91 Å². The molecule has 5 nitrogen and oxygen atoms in total. The van der Waals surface area contributed by atoms with Crippen LogP contribution in [0.1, 0.15) is 16.1 Å². The highest BCUT2D eigenvalue weighted by atomic mass is 32.1. The minimum Gasteiger partial charge on any atom is -0.458 e. The fourth-order valence-corrected chi connectivity index (χ4v) is 3.50. The number of nitrogens with one attached hydrogen (secondary N) is 1. The number of rotatable bonds is 6. The van der Waals surface area contributed by atoms with Gasteiger partial charge in [0.05, 0.1) is 5.69 Å². The van der Waals surface area contributed by atoms with Crippen molar-refractivity contribution in [3.63, 3.8) is 0 Å². The summed E-state index contributed by atoms with van der Waals surface area (Å²) in [4.78, 5) is 27.9. The molecule has 1 N–H and O–H groups in total. The van der Waals surface area contributed by atoms with Gasteiger partial charge >= 0.3 is 5.97 Å². The zero-order chi connectivity index (χ0) is 17.6. The third-order valence-electron chi connectivity index (χ3n) is 3.18. The van der Waals surface area contributed by atoms with Gasteiger partial charge in [0.1, 0.15) is 24.0 Å². The van der Waals surface area contributed by atoms with E-state index in [0.29, 0.717) is 5.69 Å². The standard InChI is InChI=1S/C17H13FN2O3S2/c18-13-3-1-2-11(6-13)16(22)19-7-15(21)23-8-14-10-25-17(20-14)12-4-5-24-9-12/h1-6,9-10H,7-8H2,(H,19,22). The third kappa shape index (κ3) is 4.71. The van der Waals surface area contributed by atoms with Crippen molar-refractivity contribution in [3.8, 4) is 10.6 Å². The number of esters is 1. The van der Waals surface area contributed by atoms with Crippen LogP contribution in [0.3, 0.4) is 0 Å². The predicted octanol–water partition coefficient (Wildman–Crippen LogP) is 3.48. The summed E-state index contributed by atoms with van der Waals surface area (Å²) in [7, 11) is 0. The Labute approximate surface area is 151 Å². The van der Waals surface area contributed by atoms with Gasteiger partial charge in [0.2, 0.25) is 0 Å². The van der Waals surface area contributed by atoms with Crippen LogP contribution in [0.15, 0.2) is 46.5 Å². The van der Waals surface area contributed by atoms with E-state index in [9.17, 15) is 14.0 Å². The van der Waals surface area contributed by atoms with Gasteiger partial charge in [-0.05, 0) is 29.6 Å². The van der Waals surface area contributed by atoms with E-state index in [-0.39, 0.29) is 18.7 Å². The van der Waals surface area contributed by atoms with Gasteiger partial charge in [-0.25, -0.2) is 9.37 Å². The molecule has 2 aromatic heterocycles. The Bertz CT molecular complexity index is 878. The number of hydrogen-bond acceptors (Lipinski definition) is 6. The van der Waals surface area contributed by atoms with E-state index < -0.39 is 17.7 Å². The maximum Gasteiger partial charge on any atom is 0.325 e. The van der Waals surface area contributed by atoms with Gasteiger partial charge in [-0.2, -0.15) is 11.3 Å². The van der Waals surface area contributed by atoms with Crippen molar-refractivity contribution >= 4 is 34.6 Å². The van der Waals surface area contributed by atoms with Crippen molar-refractivity contribution in [2.24, 2.45) is 0 Å². The van der Waals surface area contributed by atoms with Gasteiger partial charge < -0.3 is 10.1 Å². The summed E-state index contributed by atoms with van der Waals surface area (Å²) in [5.74, 6) is -1.64. The largest absolute Gasteiger partial charge is 0.458 e. The van der Waals surface area contributed by atoms with Crippen molar-refractivity contribution in [1.29, 1.82) is 0 Å². The molecule has 25 heavy (non-hydrogen) atoms. The summed E-state index contributed by atoms with van der Waals surface area (Å²) in [6.45, 7) is -0.258. The molecule has 0 saturated carbocycles. The minimum atomic E-state index is -0.588. The number of amides is 1. The predicted molar refractivity (Wildman–Crippen MR) is 94.0 cm³/mol. The zero-order valence-corrected chi connectivity index (χ0v) is 14.5. The average Bonchev–Trinajstić information content (AvgIpc) is 3.29. The lowest BCUT2D eigenvalue weighted by Gasteiger charge is -2.05. The first-order valence-electron chi connectivity index (χ1n) is 7.28. The molecular weight excluding hydrogens is 363 g/mol. The van der Waals surface area contributed by atoms with Gasteiger partial charge in [0.15, 0.2) is 0 Å². The lowest BCUT2D eigenvalue weighted by molar-refractivity contribution is -0.143. The van der Waals surface area contributed by atoms with Gasteiger partial charge in [-0.3, -0.25) is 9.59 Å². The number of ether oxygens (including phenoxy) is 1. The Morgan fingerprint density at radius 1 is 1.24 bits per heavy atom. The Morgan fingerprint density at radius 2 is 2.12 bits per heavy atom. The molecule has 0 saturated heterocycles. The number of nitrogens with zero attached hydrogens (tertiary/aromatic N) is 1. The lowest BCUT2D eigenvalue weighted by atomic mass is 10.2. The quantitative estimate of drug-likeness (QED) is 0.669. The molecule has 0 aliphatic carbocycles. The van der Waals surface area contributed by atoms with Crippen molar-refractivity contribution in [3.05, 3.63) is 63.5 Å². The number of carbonyl (C=O) groups is 2. The van der Waals surface area contributed by atoms with Crippen molar-refractivity contribution < 1.29 is 18.7 Å². The highest BCUT2D eigenvalue weighted by Gasteiger charge is 2.11. The molecule has 0 unspecified atom stereocenters. The summed E-state index contributed by atoms with van der Waals surface area (Å²) in [5, 5.41) is 9.05. The second-order valence-electron chi connectivity index (χ2n) is 5.01. The Morgan fingerprint density at radius 3 is 2.88 bits per heavy atom. The molecule has 0 radical (unpaired) electrons. The van der Waals surface area contributed by atoms with Crippen molar-refractivity contribution in [1.82, 2.24) is 10.3 Å². The summed E-state index contributed by atoms with van der Waals surface area (Å²) in [5.41, 5.74) is 1.83. The molecule has 0 spiro atoms. The molecule has 2 heterocycles. The number of hydrogen-bond donors (Lipinski definition) is 1. The van der Waals surface area contributed by atoms with E-state index in [1.165, 1.54) is 29.5 Å². The van der Waals surface area contributed by atoms with Crippen LogP contribution in [0.5, 0.6) is 0 Å². The van der Waals surface area contributed by atoms with E-state index in [4.69, 9.17) is 4.74 Å². The molecule has 3 aromatic rings. The number of aromatic nitrogens is 1. The van der Waals surface area contributed by atoms with Gasteiger partial charge in [0, 0.05) is 21.9 Å². The van der Waals surface area contributed by atoms with Crippen LogP contribution in [0.25, 0.3) is 10.6 Å². The first-order chi connectivity index (χ1) is 12.1. The summed E-state index contributed by atoms with van der Waals surface area (Å²) in [6, 6.07) is 7.20. The van der Waals surface area contributed by atoms with Crippen LogP contribution >= 0.6 is 22.7 Å². The van der Waals surface area contributed by atoms with Crippen LogP contribution in [0.2, 0.25) is 0 Å². The summed E-state index contributed by atoms with van der Waals surface area (Å²) in [6.07, 6.45) is 0. The normalized spacial score (nSPS) is 10.4. The number of halogens is 1. The molecular formula is C17H13FN2O3S2. The molecule has 1 amide bonds. The number of carbonyl (C=O) groups excluding carboxylic acids is 2. The molecule has 1 aromatic carbocycles. The SMILES string of the molecule is O=C(CNC(=O)c1cccc(F)c1)OCc1csc(-c2ccsc2)n1. The van der Waals surface area contributed by atoms with E-state index in [0.717, 1.165) is 16.6 Å². The Kier molecular flexibility index (Phi) is 5.52. The van der Waals surface area contributed by atoms with Crippen LogP contribution in [-0.2, 0) is 16.1 Å². The maximum absolute atomic E-state index is 13.1. The monoisotopic (exact) mass is 376 g/mol. The van der Waals surface area contributed by atoms with Gasteiger partial charge in [-0.1, -0.05) is 6.07 Å². The first kappa shape index (κ1) is 17.2. The van der Waals surface area contributed by atoms with Crippen molar-refractivity contribution in [2.75, 3.05) is 6.54 Å². The number of thiazole rings is 1. The van der Waals surface area contributed by atoms with Crippen LogP contribution in [-0.4, -0.2) is 23.4 Å². The first-order valence-corrected chi connectivity index (χ1v) is 9.10. The fraction of sp³-hybridized carbons (Fsp3) is 0.118. The zero-order valence-electron chi connectivity index (χ0n) is 12.9. The molecule has 0 bridgehead atoms. The smallest absolute Gasteiger partial charge is 0.325 e. The minimum absolute atomic E-state index is 0.0370. The van der Waals surface area contributed by atoms with Gasteiger partial charge in [-0.15, -0.1) is 11.3 Å². The lowest BCUT2D eigenvalue weighted by Crippen LogP contribution is -2.30.